The first-order valence-electron chi connectivity index (χ1n) is 48.2. The normalized spacial score (nSPS) is 13.5. The molecule has 0 saturated heterocycles. The molecule has 28 aromatic rings. The topological polar surface area (TPSA) is 172 Å². The van der Waals surface area contributed by atoms with Crippen molar-refractivity contribution in [2.45, 2.75) is 51.4 Å². The van der Waals surface area contributed by atoms with Crippen molar-refractivity contribution in [2.24, 2.45) is 0 Å². The third kappa shape index (κ3) is 10.1. The predicted molar refractivity (Wildman–Crippen MR) is 559 cm³/mol. The van der Waals surface area contributed by atoms with Gasteiger partial charge >= 0.3 is 0 Å². The summed E-state index contributed by atoms with van der Waals surface area (Å²) < 4.78 is 9.16. The van der Waals surface area contributed by atoms with Crippen LogP contribution in [0.1, 0.15) is 89.0 Å². The van der Waals surface area contributed by atoms with Gasteiger partial charge in [0.25, 0.3) is 0 Å². The summed E-state index contributed by atoms with van der Waals surface area (Å²) in [7, 11) is 0. The molecule has 8 aliphatic rings. The molecule has 0 spiro atoms. The number of aromatic nitrogens is 16. The number of rotatable bonds is 0. The lowest BCUT2D eigenvalue weighted by molar-refractivity contribution is 1.17. The monoisotopic (exact) mass is 1780 g/mol. The Labute approximate surface area is 796 Å². The van der Waals surface area contributed by atoms with Crippen LogP contribution < -0.4 is 0 Å². The molecule has 16 heteroatoms. The summed E-state index contributed by atoms with van der Waals surface area (Å²) in [5, 5.41) is 10.9. The van der Waals surface area contributed by atoms with Crippen LogP contribution in [0.25, 0.3) is 243 Å². The Hall–Kier alpha value is -18.3. The van der Waals surface area contributed by atoms with Crippen molar-refractivity contribution in [2.75, 3.05) is 0 Å². The molecule has 0 amide bonds. The molecule has 0 unspecified atom stereocenters. The standard InChI is InChI=1S/4C31H18N4/c1-2-5-18-17(4-1)14-23-19(18)7-8-20-21-9-10-28-30(25(21)15-24(20)23)34-31-22-6-3-12-33-29(22)26-16-32-13-11-27(26)35(28)31;1-2-5-18-17(4-1)14-23-19(18)7-8-20-21-9-10-28-29(25(21)15-24(20)23)34-31-30-22(6-3-12-33-30)26-16-32-13-11-27(26)35(28)31;1-2-4-18-17(3-1)13-23-19(18)5-6-20-21-7-8-29-30(25(21)14-24(20)23)34-31-22-9-11-32-15-26(22)27-16-33-12-10-28(27)35(29)31;1-2-4-18-17(3-1)13-23-19(18)5-6-20-21-7-8-29-30(25(21)14-24(20)23)34-31-27-16-32-11-9-22(27)26-15-33-12-10-28(26)35(29)31/h2*1-13,16H,14-15H2;2*1-12,15-16H,13-14H2. The number of fused-ring (bicyclic) bond motifs is 64. The molecule has 16 aromatic heterocycles. The molecule has 0 atom stereocenters. The van der Waals surface area contributed by atoms with E-state index in [-0.39, 0.29) is 0 Å². The van der Waals surface area contributed by atoms with Crippen LogP contribution in [0.3, 0.4) is 0 Å². The van der Waals surface area contributed by atoms with Gasteiger partial charge in [-0.3, -0.25) is 57.5 Å². The lowest BCUT2D eigenvalue weighted by atomic mass is 9.96. The Morgan fingerprint density at radius 3 is 0.829 bits per heavy atom. The van der Waals surface area contributed by atoms with E-state index < -0.39 is 0 Å². The highest BCUT2D eigenvalue weighted by Crippen LogP contribution is 2.55. The summed E-state index contributed by atoms with van der Waals surface area (Å²) >= 11 is 0. The molecule has 140 heavy (non-hydrogen) atoms. The van der Waals surface area contributed by atoms with E-state index in [1.807, 2.05) is 98.9 Å². The summed E-state index contributed by atoms with van der Waals surface area (Å²) in [5.41, 5.74) is 63.9. The van der Waals surface area contributed by atoms with Gasteiger partial charge in [0.1, 0.15) is 22.5 Å². The van der Waals surface area contributed by atoms with Crippen LogP contribution in [0.15, 0.2) is 342 Å². The fraction of sp³-hybridized carbons (Fsp3) is 0.0645. The van der Waals surface area contributed by atoms with Gasteiger partial charge in [-0.15, -0.1) is 0 Å². The molecule has 8 aliphatic carbocycles. The molecule has 0 fully saturated rings. The van der Waals surface area contributed by atoms with Crippen LogP contribution in [0.4, 0.5) is 0 Å². The van der Waals surface area contributed by atoms with Crippen LogP contribution in [0.2, 0.25) is 0 Å². The van der Waals surface area contributed by atoms with Gasteiger partial charge in [-0.05, 0) is 288 Å². The van der Waals surface area contributed by atoms with Crippen molar-refractivity contribution in [1.29, 1.82) is 0 Å². The van der Waals surface area contributed by atoms with Gasteiger partial charge < -0.3 is 0 Å². The van der Waals surface area contributed by atoms with Gasteiger partial charge in [0, 0.05) is 161 Å². The second kappa shape index (κ2) is 27.7. The fourth-order valence-corrected chi connectivity index (χ4v) is 26.2. The number of nitrogens with zero attached hydrogens (tertiary/aromatic N) is 16. The molecule has 0 bridgehead atoms. The molecule has 0 saturated carbocycles. The Bertz CT molecular complexity index is 9460. The van der Waals surface area contributed by atoms with Crippen LogP contribution in [0, 0.1) is 0 Å². The SMILES string of the molecule is c1ccc2c(c1)Cc1c-2ccc2c1Cc1c-2ccc2c1nc1c3cccnc3c3cnccc3n21.c1ccc2c(c1)Cc1c-2ccc2c1Cc1c-2ccc2c1nc1c3ccncc3c3cnccc3n21.c1ccc2c(c1)Cc1c-2ccc2c1Cc1c-2ccc2c1nc1c3cnccc3c3cnccc3n21.c1ccc2c(c1)Cc1c-2ccc2c1Cc1c-2ccc2c1nc1c3ncccc3c3cnccc3n21. The van der Waals surface area contributed by atoms with E-state index >= 15 is 0 Å². The minimum Gasteiger partial charge on any atom is -0.292 e. The van der Waals surface area contributed by atoms with Gasteiger partial charge in [0.15, 0.2) is 5.65 Å². The van der Waals surface area contributed by atoms with Crippen molar-refractivity contribution >= 4 is 154 Å². The van der Waals surface area contributed by atoms with Crippen molar-refractivity contribution in [1.82, 2.24) is 77.4 Å². The highest BCUT2D eigenvalue weighted by Gasteiger charge is 2.37. The smallest absolute Gasteiger partial charge is 0.165 e. The third-order valence-electron chi connectivity index (χ3n) is 32.2. The Morgan fingerprint density at radius 1 is 0.150 bits per heavy atom. The van der Waals surface area contributed by atoms with Gasteiger partial charge in [0.2, 0.25) is 0 Å². The van der Waals surface area contributed by atoms with Crippen LogP contribution in [0.5, 0.6) is 0 Å². The maximum atomic E-state index is 5.30. The Balaban J connectivity index is 0.0000000829. The fourth-order valence-electron chi connectivity index (χ4n) is 26.2. The van der Waals surface area contributed by atoms with E-state index in [0.717, 1.165) is 205 Å². The van der Waals surface area contributed by atoms with Crippen molar-refractivity contribution in [3.8, 4) is 89.0 Å². The molecule has 0 radical (unpaired) electrons. The number of pyridine rings is 12. The molecular formula is C124H72N16. The maximum Gasteiger partial charge on any atom is 0.165 e. The van der Waals surface area contributed by atoms with E-state index in [0.29, 0.717) is 0 Å². The van der Waals surface area contributed by atoms with E-state index in [9.17, 15) is 0 Å². The minimum absolute atomic E-state index is 0.913. The maximum absolute atomic E-state index is 5.30. The molecule has 16 nitrogen and oxygen atoms in total. The first kappa shape index (κ1) is 75.1. The average Bonchev–Trinajstić information content (AvgIpc) is 1.55. The van der Waals surface area contributed by atoms with E-state index in [1.165, 1.54) is 178 Å². The van der Waals surface area contributed by atoms with Crippen LogP contribution >= 0.6 is 0 Å². The number of hydrogen-bond acceptors (Lipinski definition) is 12. The van der Waals surface area contributed by atoms with Crippen molar-refractivity contribution < 1.29 is 0 Å². The molecule has 12 aromatic carbocycles. The molecular weight excluding hydrogens is 1710 g/mol. The Kier molecular flexibility index (Phi) is 14.9. The average molecular weight is 1790 g/mol. The minimum atomic E-state index is 0.913. The Morgan fingerprint density at radius 2 is 0.421 bits per heavy atom. The number of benzene rings is 12. The van der Waals surface area contributed by atoms with E-state index in [4.69, 9.17) is 29.9 Å². The van der Waals surface area contributed by atoms with Crippen LogP contribution in [-0.4, -0.2) is 77.4 Å². The highest BCUT2D eigenvalue weighted by molar-refractivity contribution is 6.18. The third-order valence-corrected chi connectivity index (χ3v) is 32.2. The van der Waals surface area contributed by atoms with Crippen molar-refractivity contribution in [3.05, 3.63) is 431 Å². The first-order valence-corrected chi connectivity index (χ1v) is 48.2. The lowest BCUT2D eigenvalue weighted by Crippen LogP contribution is -1.93. The molecule has 36 rings (SSSR count). The zero-order valence-corrected chi connectivity index (χ0v) is 75.1. The molecule has 0 N–H and O–H groups in total. The second-order valence-electron chi connectivity index (χ2n) is 38.6. The second-order valence-corrected chi connectivity index (χ2v) is 38.6. The van der Waals surface area contributed by atoms with E-state index in [1.54, 1.807) is 0 Å². The van der Waals surface area contributed by atoms with Gasteiger partial charge in [-0.25, -0.2) is 19.9 Å². The summed E-state index contributed by atoms with van der Waals surface area (Å²) in [6.07, 6.45) is 34.2. The van der Waals surface area contributed by atoms with E-state index in [2.05, 4.69) is 290 Å². The number of hydrogen-bond donors (Lipinski definition) is 0. The summed E-state index contributed by atoms with van der Waals surface area (Å²) in [6, 6.07) is 92.7. The molecule has 0 aliphatic heterocycles. The summed E-state index contributed by atoms with van der Waals surface area (Å²) in [6.45, 7) is 0. The van der Waals surface area contributed by atoms with Gasteiger partial charge in [-0.1, -0.05) is 176 Å². The largest absolute Gasteiger partial charge is 0.292 e. The zero-order chi connectivity index (χ0) is 90.7. The summed E-state index contributed by atoms with van der Waals surface area (Å²) in [5.74, 6) is 0. The highest BCUT2D eigenvalue weighted by atomic mass is 15.1. The lowest BCUT2D eigenvalue weighted by Gasteiger charge is -2.08. The molecule has 648 valence electrons. The molecule has 16 heterocycles. The van der Waals surface area contributed by atoms with Crippen molar-refractivity contribution in [3.63, 3.8) is 0 Å². The van der Waals surface area contributed by atoms with Gasteiger partial charge in [-0.2, -0.15) is 0 Å². The predicted octanol–water partition coefficient (Wildman–Crippen LogP) is 26.9. The van der Waals surface area contributed by atoms with Crippen LogP contribution in [-0.2, 0) is 51.4 Å². The summed E-state index contributed by atoms with van der Waals surface area (Å²) in [4.78, 5) is 57.0. The zero-order valence-electron chi connectivity index (χ0n) is 75.1. The first-order chi connectivity index (χ1) is 69.5. The van der Waals surface area contributed by atoms with Gasteiger partial charge in [0.05, 0.1) is 71.7 Å². The quantitative estimate of drug-likeness (QED) is 0.132. The number of imidazole rings is 4.